The minimum atomic E-state index is -0.214. The molecular weight excluding hydrogens is 381 g/mol. The summed E-state index contributed by atoms with van der Waals surface area (Å²) in [5.41, 5.74) is 2.63. The van der Waals surface area contributed by atoms with Gasteiger partial charge in [0.25, 0.3) is 5.91 Å². The van der Waals surface area contributed by atoms with Crippen molar-refractivity contribution in [2.45, 2.75) is 45.7 Å². The number of carbonyl (C=O) groups excluding carboxylic acids is 1. The molecule has 1 saturated heterocycles. The van der Waals surface area contributed by atoms with Gasteiger partial charge in [-0.05, 0) is 69.9 Å². The number of fused-ring (bicyclic) bond motifs is 1. The van der Waals surface area contributed by atoms with E-state index in [9.17, 15) is 9.18 Å². The predicted octanol–water partition coefficient (Wildman–Crippen LogP) is 3.75. The summed E-state index contributed by atoms with van der Waals surface area (Å²) in [6, 6.07) is 6.72. The van der Waals surface area contributed by atoms with E-state index in [1.54, 1.807) is 12.1 Å². The number of likely N-dealkylation sites (tertiary alicyclic amines) is 1. The summed E-state index contributed by atoms with van der Waals surface area (Å²) < 4.78 is 19.4. The largest absolute Gasteiger partial charge is 0.465 e. The van der Waals surface area contributed by atoms with Gasteiger partial charge < -0.3 is 14.6 Å². The molecule has 1 aromatic carbocycles. The Balaban J connectivity index is 1.37. The van der Waals surface area contributed by atoms with Crippen LogP contribution in [0.2, 0.25) is 0 Å². The second-order valence-corrected chi connectivity index (χ2v) is 8.82. The number of halogens is 1. The molecule has 162 valence electrons. The molecule has 0 spiro atoms. The van der Waals surface area contributed by atoms with Crippen molar-refractivity contribution in [1.29, 1.82) is 0 Å². The molecule has 5 nitrogen and oxygen atoms in total. The molecule has 6 heteroatoms. The van der Waals surface area contributed by atoms with Crippen LogP contribution in [-0.2, 0) is 19.5 Å². The van der Waals surface area contributed by atoms with Gasteiger partial charge in [0.15, 0.2) is 0 Å². The molecule has 1 aromatic heterocycles. The molecule has 0 atom stereocenters. The third-order valence-corrected chi connectivity index (χ3v) is 6.50. The number of benzene rings is 1. The number of hydrogen-bond acceptors (Lipinski definition) is 4. The Labute approximate surface area is 178 Å². The highest BCUT2D eigenvalue weighted by Gasteiger charge is 2.28. The predicted molar refractivity (Wildman–Crippen MR) is 115 cm³/mol. The number of piperidine rings is 1. The Morgan fingerprint density at radius 2 is 2.07 bits per heavy atom. The molecule has 0 aliphatic carbocycles. The van der Waals surface area contributed by atoms with E-state index in [1.165, 1.54) is 18.9 Å². The molecule has 0 radical (unpaired) electrons. The van der Waals surface area contributed by atoms with E-state index in [4.69, 9.17) is 4.42 Å². The molecular formula is C24H32FN3O2. The van der Waals surface area contributed by atoms with Gasteiger partial charge in [0.1, 0.15) is 17.3 Å². The number of amides is 1. The van der Waals surface area contributed by atoms with Gasteiger partial charge in [-0.25, -0.2) is 4.39 Å². The van der Waals surface area contributed by atoms with Gasteiger partial charge in [0.05, 0.1) is 5.56 Å². The van der Waals surface area contributed by atoms with E-state index in [0.29, 0.717) is 36.9 Å². The molecule has 2 aliphatic rings. The molecule has 2 aliphatic heterocycles. The summed E-state index contributed by atoms with van der Waals surface area (Å²) in [5.74, 6) is 2.07. The first-order valence-corrected chi connectivity index (χ1v) is 11.0. The highest BCUT2D eigenvalue weighted by atomic mass is 19.1. The second-order valence-electron chi connectivity index (χ2n) is 8.82. The van der Waals surface area contributed by atoms with Crippen LogP contribution in [0.15, 0.2) is 28.7 Å². The standard InChI is InChI=1S/C24H32FN3O2/c1-17-23(24(29)26-10-6-18-7-11-27(2)12-8-18)21-16-28(13-9-22(21)30-17)15-19-4-3-5-20(25)14-19/h3-5,14,18H,6-13,15-16H2,1-2H3,(H,26,29). The lowest BCUT2D eigenvalue weighted by molar-refractivity contribution is 0.0945. The fraction of sp³-hybridized carbons (Fsp3) is 0.542. The monoisotopic (exact) mass is 413 g/mol. The van der Waals surface area contributed by atoms with Crippen LogP contribution in [-0.4, -0.2) is 48.9 Å². The smallest absolute Gasteiger partial charge is 0.255 e. The van der Waals surface area contributed by atoms with Gasteiger partial charge in [-0.1, -0.05) is 12.1 Å². The number of furan rings is 1. The average Bonchev–Trinajstić information content (AvgIpc) is 3.04. The molecule has 30 heavy (non-hydrogen) atoms. The van der Waals surface area contributed by atoms with Crippen LogP contribution in [0.5, 0.6) is 0 Å². The summed E-state index contributed by atoms with van der Waals surface area (Å²) in [6.07, 6.45) is 4.22. The molecule has 0 saturated carbocycles. The van der Waals surface area contributed by atoms with Gasteiger partial charge in [0.2, 0.25) is 0 Å². The van der Waals surface area contributed by atoms with Crippen molar-refractivity contribution in [2.75, 3.05) is 33.2 Å². The van der Waals surface area contributed by atoms with Crippen LogP contribution in [0.1, 0.15) is 52.3 Å². The van der Waals surface area contributed by atoms with Crippen molar-refractivity contribution in [1.82, 2.24) is 15.1 Å². The number of nitrogens with zero attached hydrogens (tertiary/aromatic N) is 2. The average molecular weight is 414 g/mol. The zero-order valence-electron chi connectivity index (χ0n) is 18.0. The fourth-order valence-electron chi connectivity index (χ4n) is 4.74. The van der Waals surface area contributed by atoms with E-state index in [-0.39, 0.29) is 11.7 Å². The number of rotatable bonds is 6. The maximum Gasteiger partial charge on any atom is 0.255 e. The SMILES string of the molecule is Cc1oc2c(c1C(=O)NCCC1CCN(C)CC1)CN(Cc1cccc(F)c1)CC2. The quantitative estimate of drug-likeness (QED) is 0.784. The molecule has 2 aromatic rings. The third kappa shape index (κ3) is 4.93. The molecule has 1 amide bonds. The maximum atomic E-state index is 13.5. The van der Waals surface area contributed by atoms with Crippen molar-refractivity contribution < 1.29 is 13.6 Å². The topological polar surface area (TPSA) is 48.7 Å². The Bertz CT molecular complexity index is 887. The zero-order chi connectivity index (χ0) is 21.1. The minimum absolute atomic E-state index is 0.0296. The Kier molecular flexibility index (Phi) is 6.54. The number of hydrogen-bond donors (Lipinski definition) is 1. The van der Waals surface area contributed by atoms with Crippen LogP contribution in [0.3, 0.4) is 0 Å². The molecule has 4 rings (SSSR count). The molecule has 3 heterocycles. The fourth-order valence-corrected chi connectivity index (χ4v) is 4.74. The highest BCUT2D eigenvalue weighted by Crippen LogP contribution is 2.29. The van der Waals surface area contributed by atoms with Crippen LogP contribution in [0.25, 0.3) is 0 Å². The van der Waals surface area contributed by atoms with Crippen molar-refractivity contribution in [3.05, 3.63) is 58.3 Å². The lowest BCUT2D eigenvalue weighted by Crippen LogP contribution is -2.34. The van der Waals surface area contributed by atoms with Crippen LogP contribution in [0, 0.1) is 18.7 Å². The first kappa shape index (κ1) is 21.1. The summed E-state index contributed by atoms with van der Waals surface area (Å²) >= 11 is 0. The van der Waals surface area contributed by atoms with Gasteiger partial charge in [0, 0.05) is 38.2 Å². The number of carbonyl (C=O) groups is 1. The highest BCUT2D eigenvalue weighted by molar-refractivity contribution is 5.97. The van der Waals surface area contributed by atoms with E-state index < -0.39 is 0 Å². The van der Waals surface area contributed by atoms with E-state index in [1.807, 2.05) is 13.0 Å². The maximum absolute atomic E-state index is 13.5. The lowest BCUT2D eigenvalue weighted by Gasteiger charge is -2.29. The van der Waals surface area contributed by atoms with Crippen LogP contribution in [0.4, 0.5) is 4.39 Å². The second kappa shape index (κ2) is 9.31. The molecule has 1 fully saturated rings. The van der Waals surface area contributed by atoms with E-state index >= 15 is 0 Å². The first-order valence-electron chi connectivity index (χ1n) is 11.0. The Morgan fingerprint density at radius 3 is 2.83 bits per heavy atom. The van der Waals surface area contributed by atoms with Crippen LogP contribution >= 0.6 is 0 Å². The minimum Gasteiger partial charge on any atom is -0.465 e. The normalized spacial score (nSPS) is 18.4. The lowest BCUT2D eigenvalue weighted by atomic mass is 9.94. The van der Waals surface area contributed by atoms with Gasteiger partial charge in [-0.3, -0.25) is 9.69 Å². The number of aryl methyl sites for hydroxylation is 1. The van der Waals surface area contributed by atoms with Crippen molar-refractivity contribution in [3.63, 3.8) is 0 Å². The van der Waals surface area contributed by atoms with Crippen molar-refractivity contribution >= 4 is 5.91 Å². The van der Waals surface area contributed by atoms with Crippen molar-refractivity contribution in [2.24, 2.45) is 5.92 Å². The third-order valence-electron chi connectivity index (χ3n) is 6.50. The summed E-state index contributed by atoms with van der Waals surface area (Å²) in [5, 5.41) is 3.13. The summed E-state index contributed by atoms with van der Waals surface area (Å²) in [7, 11) is 2.17. The van der Waals surface area contributed by atoms with E-state index in [0.717, 1.165) is 49.4 Å². The molecule has 1 N–H and O–H groups in total. The van der Waals surface area contributed by atoms with Gasteiger partial charge >= 0.3 is 0 Å². The first-order chi connectivity index (χ1) is 14.5. The van der Waals surface area contributed by atoms with Crippen LogP contribution < -0.4 is 5.32 Å². The summed E-state index contributed by atoms with van der Waals surface area (Å²) in [4.78, 5) is 17.6. The van der Waals surface area contributed by atoms with Gasteiger partial charge in [-0.2, -0.15) is 0 Å². The molecule has 0 bridgehead atoms. The summed E-state index contributed by atoms with van der Waals surface area (Å²) in [6.45, 7) is 7.04. The molecule has 0 unspecified atom stereocenters. The van der Waals surface area contributed by atoms with E-state index in [2.05, 4.69) is 22.2 Å². The zero-order valence-corrected chi connectivity index (χ0v) is 18.0. The Morgan fingerprint density at radius 1 is 1.27 bits per heavy atom. The Hall–Kier alpha value is -2.18. The van der Waals surface area contributed by atoms with Gasteiger partial charge in [-0.15, -0.1) is 0 Å². The van der Waals surface area contributed by atoms with Crippen molar-refractivity contribution in [3.8, 4) is 0 Å². The number of nitrogens with one attached hydrogen (secondary N) is 1.